The van der Waals surface area contributed by atoms with Crippen molar-refractivity contribution in [3.8, 4) is 0 Å². The van der Waals surface area contributed by atoms with E-state index in [4.69, 9.17) is 10.5 Å². The Bertz CT molecular complexity index is 303. The summed E-state index contributed by atoms with van der Waals surface area (Å²) in [6.07, 6.45) is 5.22. The highest BCUT2D eigenvalue weighted by molar-refractivity contribution is 5.83. The van der Waals surface area contributed by atoms with E-state index in [1.165, 1.54) is 0 Å². The Balaban J connectivity index is 1.85. The molecule has 0 bridgehead atoms. The Morgan fingerprint density at radius 3 is 2.63 bits per heavy atom. The van der Waals surface area contributed by atoms with Gasteiger partial charge in [0.1, 0.15) is 0 Å². The summed E-state index contributed by atoms with van der Waals surface area (Å²) in [4.78, 5) is 12.4. The molecule has 1 heterocycles. The van der Waals surface area contributed by atoms with Gasteiger partial charge in [-0.2, -0.15) is 0 Å². The van der Waals surface area contributed by atoms with Crippen LogP contribution in [0.3, 0.4) is 0 Å². The third-order valence-electron chi connectivity index (χ3n) is 4.72. The zero-order valence-corrected chi connectivity index (χ0v) is 11.6. The number of hydrogen-bond acceptors (Lipinski definition) is 4. The maximum absolute atomic E-state index is 12.4. The van der Waals surface area contributed by atoms with E-state index in [0.29, 0.717) is 39.1 Å². The van der Waals surface area contributed by atoms with Crippen molar-refractivity contribution in [1.29, 1.82) is 0 Å². The van der Waals surface area contributed by atoms with Crippen molar-refractivity contribution in [2.45, 2.75) is 44.6 Å². The van der Waals surface area contributed by atoms with Crippen LogP contribution in [0.1, 0.15) is 38.5 Å². The van der Waals surface area contributed by atoms with Crippen LogP contribution >= 0.6 is 0 Å². The van der Waals surface area contributed by atoms with E-state index in [1.54, 1.807) is 0 Å². The summed E-state index contributed by atoms with van der Waals surface area (Å²) in [6, 6.07) is 0. The number of carbonyl (C=O) groups is 1. The number of amides is 1. The second-order valence-corrected chi connectivity index (χ2v) is 5.92. The molecule has 2 unspecified atom stereocenters. The van der Waals surface area contributed by atoms with Crippen LogP contribution in [0.5, 0.6) is 0 Å². The largest absolute Gasteiger partial charge is 0.393 e. The number of hydrogen-bond donors (Lipinski definition) is 3. The third kappa shape index (κ3) is 3.46. The molecule has 1 amide bonds. The summed E-state index contributed by atoms with van der Waals surface area (Å²) < 4.78 is 5.31. The zero-order valence-electron chi connectivity index (χ0n) is 11.6. The van der Waals surface area contributed by atoms with Crippen LogP contribution < -0.4 is 11.1 Å². The first-order valence-corrected chi connectivity index (χ1v) is 7.42. The van der Waals surface area contributed by atoms with Crippen LogP contribution in [0.4, 0.5) is 0 Å². The minimum Gasteiger partial charge on any atom is -0.393 e. The quantitative estimate of drug-likeness (QED) is 0.691. The standard InChI is InChI=1S/C14H26N2O3/c15-10-14(5-7-19-8-6-14)13(18)16-9-11-3-1-2-4-12(11)17/h11-12,17H,1-10,15H2,(H,16,18). The van der Waals surface area contributed by atoms with Crippen molar-refractivity contribution in [3.63, 3.8) is 0 Å². The first-order valence-electron chi connectivity index (χ1n) is 7.42. The van der Waals surface area contributed by atoms with E-state index >= 15 is 0 Å². The zero-order chi connectivity index (χ0) is 13.7. The van der Waals surface area contributed by atoms with Gasteiger partial charge in [0.25, 0.3) is 0 Å². The summed E-state index contributed by atoms with van der Waals surface area (Å²) in [5.74, 6) is 0.239. The Labute approximate surface area is 114 Å². The predicted octanol–water partition coefficient (Wildman–Crippen LogP) is 0.409. The fraction of sp³-hybridized carbons (Fsp3) is 0.929. The molecule has 1 aliphatic heterocycles. The van der Waals surface area contributed by atoms with Crippen LogP contribution in [0.2, 0.25) is 0 Å². The lowest BCUT2D eigenvalue weighted by Gasteiger charge is -2.35. The maximum Gasteiger partial charge on any atom is 0.227 e. The van der Waals surface area contributed by atoms with Gasteiger partial charge in [-0.3, -0.25) is 4.79 Å². The first-order chi connectivity index (χ1) is 9.18. The van der Waals surface area contributed by atoms with Gasteiger partial charge in [0.2, 0.25) is 5.91 Å². The van der Waals surface area contributed by atoms with E-state index < -0.39 is 5.41 Å². The number of aliphatic hydroxyl groups is 1. The van der Waals surface area contributed by atoms with E-state index in [2.05, 4.69) is 5.32 Å². The third-order valence-corrected chi connectivity index (χ3v) is 4.72. The van der Waals surface area contributed by atoms with Crippen molar-refractivity contribution in [2.24, 2.45) is 17.1 Å². The number of carbonyl (C=O) groups excluding carboxylic acids is 1. The summed E-state index contributed by atoms with van der Waals surface area (Å²) in [5.41, 5.74) is 5.35. The van der Waals surface area contributed by atoms with Gasteiger partial charge in [0.05, 0.1) is 11.5 Å². The number of nitrogens with one attached hydrogen (secondary N) is 1. The number of ether oxygens (including phenoxy) is 1. The average Bonchev–Trinajstić information content (AvgIpc) is 2.46. The molecule has 5 heteroatoms. The molecule has 2 aliphatic rings. The molecule has 0 aromatic rings. The van der Waals surface area contributed by atoms with Crippen molar-refractivity contribution < 1.29 is 14.6 Å². The molecule has 4 N–H and O–H groups in total. The predicted molar refractivity (Wildman–Crippen MR) is 72.5 cm³/mol. The molecule has 0 aromatic heterocycles. The molecule has 0 aromatic carbocycles. The molecule has 2 rings (SSSR count). The second kappa shape index (κ2) is 6.68. The molecule has 1 saturated heterocycles. The van der Waals surface area contributed by atoms with Crippen molar-refractivity contribution in [3.05, 3.63) is 0 Å². The highest BCUT2D eigenvalue weighted by Crippen LogP contribution is 2.30. The molecule has 0 spiro atoms. The summed E-state index contributed by atoms with van der Waals surface area (Å²) in [6.45, 7) is 2.16. The van der Waals surface area contributed by atoms with Crippen molar-refractivity contribution in [2.75, 3.05) is 26.3 Å². The van der Waals surface area contributed by atoms with Gasteiger partial charge in [-0.1, -0.05) is 12.8 Å². The Morgan fingerprint density at radius 2 is 2.00 bits per heavy atom. The molecule has 1 saturated carbocycles. The van der Waals surface area contributed by atoms with Gasteiger partial charge in [-0.25, -0.2) is 0 Å². The fourth-order valence-corrected chi connectivity index (χ4v) is 3.12. The monoisotopic (exact) mass is 270 g/mol. The number of aliphatic hydroxyl groups excluding tert-OH is 1. The fourth-order valence-electron chi connectivity index (χ4n) is 3.12. The van der Waals surface area contributed by atoms with Crippen LogP contribution in [-0.2, 0) is 9.53 Å². The van der Waals surface area contributed by atoms with Crippen molar-refractivity contribution in [1.82, 2.24) is 5.32 Å². The minimum atomic E-state index is -0.460. The van der Waals surface area contributed by atoms with Gasteiger partial charge in [-0.05, 0) is 25.7 Å². The van der Waals surface area contributed by atoms with Gasteiger partial charge in [-0.15, -0.1) is 0 Å². The molecular weight excluding hydrogens is 244 g/mol. The maximum atomic E-state index is 12.4. The van der Waals surface area contributed by atoms with Crippen LogP contribution in [-0.4, -0.2) is 43.4 Å². The number of rotatable bonds is 4. The Kier molecular flexibility index (Phi) is 5.19. The van der Waals surface area contributed by atoms with Gasteiger partial charge in [0, 0.05) is 32.2 Å². The Morgan fingerprint density at radius 1 is 1.32 bits per heavy atom. The molecule has 2 atom stereocenters. The van der Waals surface area contributed by atoms with Crippen LogP contribution in [0.15, 0.2) is 0 Å². The lowest BCUT2D eigenvalue weighted by atomic mass is 9.79. The lowest BCUT2D eigenvalue weighted by molar-refractivity contribution is -0.136. The number of nitrogens with two attached hydrogens (primary N) is 1. The van der Waals surface area contributed by atoms with Gasteiger partial charge in [0.15, 0.2) is 0 Å². The summed E-state index contributed by atoms with van der Waals surface area (Å²) >= 11 is 0. The Hall–Kier alpha value is -0.650. The molecule has 1 aliphatic carbocycles. The lowest BCUT2D eigenvalue weighted by Crippen LogP contribution is -2.50. The topological polar surface area (TPSA) is 84.6 Å². The second-order valence-electron chi connectivity index (χ2n) is 5.92. The molecule has 0 radical (unpaired) electrons. The first kappa shape index (κ1) is 14.8. The summed E-state index contributed by atoms with van der Waals surface area (Å²) in [5, 5.41) is 12.9. The highest BCUT2D eigenvalue weighted by atomic mass is 16.5. The molecule has 2 fully saturated rings. The van der Waals surface area contributed by atoms with E-state index in [1.807, 2.05) is 0 Å². The SMILES string of the molecule is NCC1(C(=O)NCC2CCCCC2O)CCOCC1. The highest BCUT2D eigenvalue weighted by Gasteiger charge is 2.39. The smallest absolute Gasteiger partial charge is 0.227 e. The van der Waals surface area contributed by atoms with Gasteiger partial charge >= 0.3 is 0 Å². The normalized spacial score (nSPS) is 30.8. The molecule has 19 heavy (non-hydrogen) atoms. The minimum absolute atomic E-state index is 0.0380. The van der Waals surface area contributed by atoms with Crippen LogP contribution in [0.25, 0.3) is 0 Å². The van der Waals surface area contributed by atoms with Gasteiger partial charge < -0.3 is 20.9 Å². The molecule has 110 valence electrons. The van der Waals surface area contributed by atoms with Crippen LogP contribution in [0, 0.1) is 11.3 Å². The average molecular weight is 270 g/mol. The van der Waals surface area contributed by atoms with E-state index in [9.17, 15) is 9.90 Å². The molecular formula is C14H26N2O3. The molecule has 5 nitrogen and oxygen atoms in total. The summed E-state index contributed by atoms with van der Waals surface area (Å²) in [7, 11) is 0. The van der Waals surface area contributed by atoms with E-state index in [-0.39, 0.29) is 17.9 Å². The van der Waals surface area contributed by atoms with Crippen molar-refractivity contribution >= 4 is 5.91 Å². The van der Waals surface area contributed by atoms with E-state index in [0.717, 1.165) is 25.7 Å².